The van der Waals surface area contributed by atoms with Crippen LogP contribution in [0.3, 0.4) is 0 Å². The molecule has 0 radical (unpaired) electrons. The van der Waals surface area contributed by atoms with Crippen molar-refractivity contribution in [3.05, 3.63) is 22.8 Å². The second-order valence-corrected chi connectivity index (χ2v) is 8.91. The fourth-order valence-corrected chi connectivity index (χ4v) is 5.05. The second-order valence-electron chi connectivity index (χ2n) is 8.35. The molecule has 4 atom stereocenters. The zero-order chi connectivity index (χ0) is 20.9. The number of esters is 1. The molecule has 0 aromatic heterocycles. The van der Waals surface area contributed by atoms with Crippen LogP contribution in [0.15, 0.2) is 6.07 Å². The summed E-state index contributed by atoms with van der Waals surface area (Å²) in [6, 6.07) is 1.73. The van der Waals surface area contributed by atoms with Crippen molar-refractivity contribution in [2.45, 2.75) is 81.5 Å². The van der Waals surface area contributed by atoms with Gasteiger partial charge in [-0.2, -0.15) is 0 Å². The molecule has 0 saturated heterocycles. The van der Waals surface area contributed by atoms with Crippen LogP contribution in [0.1, 0.15) is 66.4 Å². The van der Waals surface area contributed by atoms with Gasteiger partial charge in [0.1, 0.15) is 0 Å². The van der Waals surface area contributed by atoms with E-state index in [1.54, 1.807) is 19.9 Å². The fourth-order valence-electron chi connectivity index (χ4n) is 4.69. The highest BCUT2D eigenvalue weighted by molar-refractivity contribution is 6.21. The number of halogens is 3. The molecular weight excluding hydrogens is 404 g/mol. The number of hydrogen-bond acceptors (Lipinski definition) is 5. The third-order valence-corrected chi connectivity index (χ3v) is 6.74. The van der Waals surface area contributed by atoms with Gasteiger partial charge in [0.25, 0.3) is 5.92 Å². The number of methoxy groups -OCH3 is 1. The second kappa shape index (κ2) is 7.58. The minimum atomic E-state index is -2.55. The van der Waals surface area contributed by atoms with E-state index in [0.29, 0.717) is 29.0 Å². The predicted molar refractivity (Wildman–Crippen MR) is 104 cm³/mol. The first-order valence-electron chi connectivity index (χ1n) is 10.1. The molecule has 0 bridgehead atoms. The van der Waals surface area contributed by atoms with E-state index in [0.717, 1.165) is 18.4 Å². The average Bonchev–Trinajstić information content (AvgIpc) is 3.04. The number of fused-ring (bicyclic) bond motifs is 1. The fraction of sp³-hybridized carbons (Fsp3) is 0.667. The normalized spacial score (nSPS) is 30.7. The maximum atomic E-state index is 13.2. The van der Waals surface area contributed by atoms with Gasteiger partial charge in [-0.15, -0.1) is 11.6 Å². The summed E-state index contributed by atoms with van der Waals surface area (Å²) in [6.45, 7) is 3.59. The summed E-state index contributed by atoms with van der Waals surface area (Å²) in [6.07, 6.45) is 1.58. The minimum Gasteiger partial charge on any atom is -0.465 e. The average molecular weight is 430 g/mol. The van der Waals surface area contributed by atoms with E-state index in [4.69, 9.17) is 25.8 Å². The lowest BCUT2D eigenvalue weighted by Crippen LogP contribution is -2.53. The molecule has 2 fully saturated rings. The van der Waals surface area contributed by atoms with Crippen molar-refractivity contribution in [2.75, 3.05) is 7.11 Å². The smallest absolute Gasteiger partial charge is 0.338 e. The third-order valence-electron chi connectivity index (χ3n) is 6.21. The van der Waals surface area contributed by atoms with E-state index in [9.17, 15) is 13.6 Å². The molecule has 5 nitrogen and oxygen atoms in total. The molecule has 1 aromatic rings. The van der Waals surface area contributed by atoms with Gasteiger partial charge in [-0.1, -0.05) is 0 Å². The van der Waals surface area contributed by atoms with Crippen molar-refractivity contribution >= 4 is 17.6 Å². The molecule has 1 aliphatic heterocycles. The summed E-state index contributed by atoms with van der Waals surface area (Å²) in [4.78, 5) is 12.3. The van der Waals surface area contributed by atoms with Gasteiger partial charge in [-0.3, -0.25) is 0 Å². The summed E-state index contributed by atoms with van der Waals surface area (Å²) >= 11 is 6.70. The van der Waals surface area contributed by atoms with Crippen LogP contribution in [0, 0.1) is 6.92 Å². The van der Waals surface area contributed by atoms with Crippen LogP contribution in [0.25, 0.3) is 0 Å². The first-order chi connectivity index (χ1) is 13.7. The van der Waals surface area contributed by atoms with Crippen LogP contribution in [-0.4, -0.2) is 42.8 Å². The van der Waals surface area contributed by atoms with Crippen molar-refractivity contribution in [3.8, 4) is 11.5 Å². The number of hydrogen-bond donors (Lipinski definition) is 1. The Kier molecular flexibility index (Phi) is 5.40. The first kappa shape index (κ1) is 20.7. The van der Waals surface area contributed by atoms with Crippen molar-refractivity contribution in [2.24, 2.45) is 0 Å². The minimum absolute atomic E-state index is 0.0878. The quantitative estimate of drug-likeness (QED) is 0.563. The maximum Gasteiger partial charge on any atom is 0.338 e. The van der Waals surface area contributed by atoms with Gasteiger partial charge in [0.15, 0.2) is 11.5 Å². The topological polar surface area (TPSA) is 56.8 Å². The van der Waals surface area contributed by atoms with Gasteiger partial charge in [0.05, 0.1) is 12.7 Å². The Bertz CT molecular complexity index is 810. The molecule has 29 heavy (non-hydrogen) atoms. The summed E-state index contributed by atoms with van der Waals surface area (Å²) in [5, 5.41) is 3.22. The van der Waals surface area contributed by atoms with Crippen molar-refractivity contribution in [1.29, 1.82) is 0 Å². The van der Waals surface area contributed by atoms with Gasteiger partial charge in [-0.05, 0) is 32.3 Å². The molecule has 3 aliphatic rings. The molecular formula is C21H26ClF2NO4. The molecule has 160 valence electrons. The highest BCUT2D eigenvalue weighted by Gasteiger charge is 2.46. The Hall–Kier alpha value is -1.60. The first-order valence-corrected chi connectivity index (χ1v) is 10.5. The maximum absolute atomic E-state index is 13.2. The highest BCUT2D eigenvalue weighted by atomic mass is 35.5. The number of ether oxygens (including phenoxy) is 3. The lowest BCUT2D eigenvalue weighted by atomic mass is 9.78. The SMILES string of the molecule is COC(=O)c1cc(C2CC(NC3CC(F)(F)C3)CCC2Cl)c2c(c1C)OC(C)O2. The summed E-state index contributed by atoms with van der Waals surface area (Å²) in [5.41, 5.74) is 1.92. The molecule has 1 N–H and O–H groups in total. The Morgan fingerprint density at radius 1 is 1.24 bits per heavy atom. The van der Waals surface area contributed by atoms with Crippen LogP contribution >= 0.6 is 11.6 Å². The molecule has 4 rings (SSSR count). The van der Waals surface area contributed by atoms with Crippen LogP contribution in [0.5, 0.6) is 11.5 Å². The van der Waals surface area contributed by atoms with Crippen LogP contribution < -0.4 is 14.8 Å². The Morgan fingerprint density at radius 2 is 1.93 bits per heavy atom. The Morgan fingerprint density at radius 3 is 2.59 bits per heavy atom. The summed E-state index contributed by atoms with van der Waals surface area (Å²) < 4.78 is 43.0. The number of carbonyl (C=O) groups is 1. The predicted octanol–water partition coefficient (Wildman–Crippen LogP) is 4.53. The van der Waals surface area contributed by atoms with Gasteiger partial charge in [-0.25, -0.2) is 13.6 Å². The molecule has 8 heteroatoms. The number of rotatable bonds is 4. The highest BCUT2D eigenvalue weighted by Crippen LogP contribution is 2.49. The Labute approximate surface area is 174 Å². The van der Waals surface area contributed by atoms with E-state index in [-0.39, 0.29) is 36.2 Å². The van der Waals surface area contributed by atoms with Gasteiger partial charge < -0.3 is 19.5 Å². The molecule has 1 heterocycles. The zero-order valence-corrected chi connectivity index (χ0v) is 17.5. The van der Waals surface area contributed by atoms with Gasteiger partial charge in [0, 0.05) is 54.3 Å². The molecule has 4 unspecified atom stereocenters. The summed E-state index contributed by atoms with van der Waals surface area (Å²) in [7, 11) is 1.34. The van der Waals surface area contributed by atoms with Crippen LogP contribution in [0.4, 0.5) is 8.78 Å². The molecule has 1 aromatic carbocycles. The van der Waals surface area contributed by atoms with Crippen LogP contribution in [0.2, 0.25) is 0 Å². The Balaban J connectivity index is 1.62. The standard InChI is InChI=1S/C21H26ClF2NO4/c1-10-14(20(26)27-3)7-16(19-18(10)28-11(2)29-19)15-6-12(4-5-17(15)22)25-13-8-21(23,24)9-13/h7,11-13,15,17,25H,4-6,8-9H2,1-3H3. The number of benzene rings is 1. The van der Waals surface area contributed by atoms with Crippen molar-refractivity contribution < 1.29 is 27.8 Å². The molecule has 2 aliphatic carbocycles. The van der Waals surface area contributed by atoms with Gasteiger partial charge in [0.2, 0.25) is 6.29 Å². The molecule has 0 spiro atoms. The lowest BCUT2D eigenvalue weighted by molar-refractivity contribution is -0.0955. The zero-order valence-electron chi connectivity index (χ0n) is 16.8. The lowest BCUT2D eigenvalue weighted by Gasteiger charge is -2.41. The van der Waals surface area contributed by atoms with E-state index in [1.165, 1.54) is 7.11 Å². The number of nitrogens with one attached hydrogen (secondary N) is 1. The molecule has 0 amide bonds. The van der Waals surface area contributed by atoms with Crippen LogP contribution in [-0.2, 0) is 4.74 Å². The number of alkyl halides is 3. The summed E-state index contributed by atoms with van der Waals surface area (Å²) in [5.74, 6) is -1.91. The van der Waals surface area contributed by atoms with E-state index in [1.807, 2.05) is 0 Å². The monoisotopic (exact) mass is 429 g/mol. The number of carbonyl (C=O) groups excluding carboxylic acids is 1. The third kappa shape index (κ3) is 3.91. The van der Waals surface area contributed by atoms with Crippen molar-refractivity contribution in [1.82, 2.24) is 5.32 Å². The molecule has 2 saturated carbocycles. The van der Waals surface area contributed by atoms with E-state index < -0.39 is 18.2 Å². The van der Waals surface area contributed by atoms with Crippen molar-refractivity contribution in [3.63, 3.8) is 0 Å². The van der Waals surface area contributed by atoms with E-state index in [2.05, 4.69) is 5.32 Å². The van der Waals surface area contributed by atoms with E-state index >= 15 is 0 Å². The largest absolute Gasteiger partial charge is 0.465 e. The van der Waals surface area contributed by atoms with Gasteiger partial charge >= 0.3 is 5.97 Å².